The monoisotopic (exact) mass is 438 g/mol. The normalized spacial score (nSPS) is 14.1. The van der Waals surface area contributed by atoms with E-state index in [0.29, 0.717) is 12.8 Å². The summed E-state index contributed by atoms with van der Waals surface area (Å²) in [6.45, 7) is 4.17. The molecule has 0 spiro atoms. The smallest absolute Gasteiger partial charge is 0.407 e. The third-order valence-electron chi connectivity index (χ3n) is 5.68. The topological polar surface area (TPSA) is 105 Å². The van der Waals surface area contributed by atoms with Gasteiger partial charge in [0.15, 0.2) is 0 Å². The van der Waals surface area contributed by atoms with Gasteiger partial charge in [0.2, 0.25) is 5.91 Å². The SMILES string of the molecule is CCC[C@H](NC(=O)CC(C)CNC(=O)OCC1c2ccccc2-c2ccccc21)C(=O)O. The molecule has 170 valence electrons. The first-order valence-electron chi connectivity index (χ1n) is 11.0. The van der Waals surface area contributed by atoms with Crippen molar-refractivity contribution in [1.29, 1.82) is 0 Å². The second-order valence-electron chi connectivity index (χ2n) is 8.26. The van der Waals surface area contributed by atoms with Gasteiger partial charge in [-0.05, 0) is 34.6 Å². The van der Waals surface area contributed by atoms with Crippen LogP contribution in [-0.2, 0) is 14.3 Å². The van der Waals surface area contributed by atoms with E-state index in [2.05, 4.69) is 34.9 Å². The van der Waals surface area contributed by atoms with Gasteiger partial charge in [-0.25, -0.2) is 9.59 Å². The summed E-state index contributed by atoms with van der Waals surface area (Å²) in [6.07, 6.45) is 0.634. The summed E-state index contributed by atoms with van der Waals surface area (Å²) < 4.78 is 5.49. The van der Waals surface area contributed by atoms with E-state index in [4.69, 9.17) is 9.84 Å². The molecule has 32 heavy (non-hydrogen) atoms. The highest BCUT2D eigenvalue weighted by molar-refractivity contribution is 5.83. The van der Waals surface area contributed by atoms with E-state index in [1.165, 1.54) is 11.1 Å². The zero-order valence-electron chi connectivity index (χ0n) is 18.5. The van der Waals surface area contributed by atoms with Crippen molar-refractivity contribution in [3.8, 4) is 11.1 Å². The Morgan fingerprint density at radius 1 is 1.03 bits per heavy atom. The van der Waals surface area contributed by atoms with Crippen molar-refractivity contribution < 1.29 is 24.2 Å². The van der Waals surface area contributed by atoms with Crippen molar-refractivity contribution in [2.75, 3.05) is 13.2 Å². The zero-order chi connectivity index (χ0) is 23.1. The highest BCUT2D eigenvalue weighted by Crippen LogP contribution is 2.44. The number of aliphatic carboxylic acids is 1. The summed E-state index contributed by atoms with van der Waals surface area (Å²) in [5.41, 5.74) is 4.62. The average molecular weight is 439 g/mol. The number of fused-ring (bicyclic) bond motifs is 3. The minimum absolute atomic E-state index is 0.0112. The van der Waals surface area contributed by atoms with Crippen LogP contribution >= 0.6 is 0 Å². The van der Waals surface area contributed by atoms with Gasteiger partial charge in [-0.3, -0.25) is 4.79 Å². The molecule has 0 radical (unpaired) electrons. The van der Waals surface area contributed by atoms with Gasteiger partial charge in [-0.2, -0.15) is 0 Å². The van der Waals surface area contributed by atoms with Crippen molar-refractivity contribution in [3.05, 3.63) is 59.7 Å². The maximum atomic E-state index is 12.3. The number of carboxylic acids is 1. The van der Waals surface area contributed by atoms with Crippen LogP contribution in [-0.4, -0.2) is 42.3 Å². The molecule has 2 atom stereocenters. The number of nitrogens with one attached hydrogen (secondary N) is 2. The lowest BCUT2D eigenvalue weighted by atomic mass is 9.98. The molecular formula is C25H30N2O5. The van der Waals surface area contributed by atoms with Crippen LogP contribution in [0, 0.1) is 5.92 Å². The van der Waals surface area contributed by atoms with Crippen molar-refractivity contribution in [2.45, 2.75) is 45.1 Å². The molecule has 1 unspecified atom stereocenters. The Morgan fingerprint density at radius 2 is 1.62 bits per heavy atom. The van der Waals surface area contributed by atoms with Crippen LogP contribution in [0.2, 0.25) is 0 Å². The molecule has 1 aliphatic rings. The van der Waals surface area contributed by atoms with Gasteiger partial charge in [0.1, 0.15) is 12.6 Å². The van der Waals surface area contributed by atoms with E-state index >= 15 is 0 Å². The fourth-order valence-electron chi connectivity index (χ4n) is 4.09. The Balaban J connectivity index is 1.47. The Labute approximate surface area is 188 Å². The molecule has 0 bridgehead atoms. The van der Waals surface area contributed by atoms with Crippen LogP contribution in [0.1, 0.15) is 50.2 Å². The number of alkyl carbamates (subject to hydrolysis) is 1. The summed E-state index contributed by atoms with van der Waals surface area (Å²) in [5, 5.41) is 14.4. The van der Waals surface area contributed by atoms with E-state index in [1.54, 1.807) is 0 Å². The molecule has 0 aromatic heterocycles. The first kappa shape index (κ1) is 23.3. The summed E-state index contributed by atoms with van der Waals surface area (Å²) in [7, 11) is 0. The van der Waals surface area contributed by atoms with Crippen molar-refractivity contribution in [2.24, 2.45) is 5.92 Å². The van der Waals surface area contributed by atoms with Gasteiger partial charge >= 0.3 is 12.1 Å². The number of rotatable bonds is 10. The molecule has 0 heterocycles. The van der Waals surface area contributed by atoms with E-state index in [1.807, 2.05) is 38.1 Å². The maximum absolute atomic E-state index is 12.3. The zero-order valence-corrected chi connectivity index (χ0v) is 18.5. The Hall–Kier alpha value is -3.35. The fourth-order valence-corrected chi connectivity index (χ4v) is 4.09. The van der Waals surface area contributed by atoms with Gasteiger partial charge in [0.25, 0.3) is 0 Å². The maximum Gasteiger partial charge on any atom is 0.407 e. The molecule has 2 aromatic carbocycles. The Kier molecular flexibility index (Phi) is 7.87. The van der Waals surface area contributed by atoms with Crippen LogP contribution in [0.4, 0.5) is 4.79 Å². The summed E-state index contributed by atoms with van der Waals surface area (Å²) in [5.74, 6) is -1.55. The molecule has 0 fully saturated rings. The number of hydrogen-bond acceptors (Lipinski definition) is 4. The summed E-state index contributed by atoms with van der Waals surface area (Å²) >= 11 is 0. The van der Waals surface area contributed by atoms with Gasteiger partial charge in [0.05, 0.1) is 0 Å². The number of benzene rings is 2. The van der Waals surface area contributed by atoms with Gasteiger partial charge < -0.3 is 20.5 Å². The predicted molar refractivity (Wildman–Crippen MR) is 121 cm³/mol. The number of amides is 2. The molecular weight excluding hydrogens is 408 g/mol. The van der Waals surface area contributed by atoms with Crippen molar-refractivity contribution >= 4 is 18.0 Å². The second kappa shape index (κ2) is 10.8. The van der Waals surface area contributed by atoms with Crippen LogP contribution in [0.3, 0.4) is 0 Å². The average Bonchev–Trinajstić information content (AvgIpc) is 3.09. The molecule has 0 saturated heterocycles. The summed E-state index contributed by atoms with van der Waals surface area (Å²) in [4.78, 5) is 35.5. The highest BCUT2D eigenvalue weighted by Gasteiger charge is 2.29. The van der Waals surface area contributed by atoms with Gasteiger partial charge in [0, 0.05) is 18.9 Å². The van der Waals surface area contributed by atoms with Crippen LogP contribution in [0.15, 0.2) is 48.5 Å². The van der Waals surface area contributed by atoms with E-state index in [-0.39, 0.29) is 37.3 Å². The highest BCUT2D eigenvalue weighted by atomic mass is 16.5. The van der Waals surface area contributed by atoms with E-state index in [0.717, 1.165) is 11.1 Å². The van der Waals surface area contributed by atoms with Crippen molar-refractivity contribution in [3.63, 3.8) is 0 Å². The lowest BCUT2D eigenvalue weighted by molar-refractivity contribution is -0.142. The molecule has 1 aliphatic carbocycles. The van der Waals surface area contributed by atoms with Crippen LogP contribution < -0.4 is 10.6 Å². The fraction of sp³-hybridized carbons (Fsp3) is 0.400. The van der Waals surface area contributed by atoms with Gasteiger partial charge in [-0.15, -0.1) is 0 Å². The van der Waals surface area contributed by atoms with E-state index < -0.39 is 18.1 Å². The standard InChI is InChI=1S/C25H30N2O5/c1-3-8-22(24(29)30)27-23(28)13-16(2)14-26-25(31)32-15-21-19-11-6-4-9-17(19)18-10-5-7-12-20(18)21/h4-7,9-12,16,21-22H,3,8,13-15H2,1-2H3,(H,26,31)(H,27,28)(H,29,30)/t16?,22-/m0/s1. The third-order valence-corrected chi connectivity index (χ3v) is 5.68. The molecule has 3 rings (SSSR count). The van der Waals surface area contributed by atoms with Crippen molar-refractivity contribution in [1.82, 2.24) is 10.6 Å². The molecule has 0 saturated carbocycles. The lowest BCUT2D eigenvalue weighted by Crippen LogP contribution is -2.42. The third kappa shape index (κ3) is 5.66. The second-order valence-corrected chi connectivity index (χ2v) is 8.26. The Bertz CT molecular complexity index is 929. The lowest BCUT2D eigenvalue weighted by Gasteiger charge is -2.17. The van der Waals surface area contributed by atoms with Crippen LogP contribution in [0.5, 0.6) is 0 Å². The minimum Gasteiger partial charge on any atom is -0.480 e. The number of ether oxygens (including phenoxy) is 1. The molecule has 0 aliphatic heterocycles. The number of carbonyl (C=O) groups excluding carboxylic acids is 2. The molecule has 2 amide bonds. The minimum atomic E-state index is -1.04. The molecule has 7 nitrogen and oxygen atoms in total. The molecule has 7 heteroatoms. The number of hydrogen-bond donors (Lipinski definition) is 3. The molecule has 2 aromatic rings. The van der Waals surface area contributed by atoms with E-state index in [9.17, 15) is 14.4 Å². The Morgan fingerprint density at radius 3 is 2.19 bits per heavy atom. The van der Waals surface area contributed by atoms with Crippen LogP contribution in [0.25, 0.3) is 11.1 Å². The number of carboxylic acid groups (broad SMARTS) is 1. The molecule has 3 N–H and O–H groups in total. The number of carbonyl (C=O) groups is 3. The van der Waals surface area contributed by atoms with Gasteiger partial charge in [-0.1, -0.05) is 68.8 Å². The first-order valence-corrected chi connectivity index (χ1v) is 11.0. The summed E-state index contributed by atoms with van der Waals surface area (Å²) in [6, 6.07) is 15.4. The largest absolute Gasteiger partial charge is 0.480 e. The predicted octanol–water partition coefficient (Wildman–Crippen LogP) is 3.92. The first-order chi connectivity index (χ1) is 15.4. The quantitative estimate of drug-likeness (QED) is 0.521.